The van der Waals surface area contributed by atoms with Gasteiger partial charge in [-0.05, 0) is 24.6 Å². The molecule has 2 aromatic rings. The summed E-state index contributed by atoms with van der Waals surface area (Å²) in [5.74, 6) is -0.507. The lowest BCUT2D eigenvalue weighted by atomic mass is 10.2. The quantitative estimate of drug-likeness (QED) is 0.530. The van der Waals surface area contributed by atoms with Crippen molar-refractivity contribution in [1.82, 2.24) is 10.2 Å². The first kappa shape index (κ1) is 20.9. The molecule has 0 fully saturated rings. The van der Waals surface area contributed by atoms with E-state index < -0.39 is 15.9 Å². The lowest BCUT2D eigenvalue weighted by molar-refractivity contribution is -0.114. The number of hydrogen-bond acceptors (Lipinski definition) is 7. The summed E-state index contributed by atoms with van der Waals surface area (Å²) in [5, 5.41) is 11.6. The van der Waals surface area contributed by atoms with Crippen LogP contribution in [-0.4, -0.2) is 42.6 Å². The van der Waals surface area contributed by atoms with Gasteiger partial charge in [0.15, 0.2) is 4.34 Å². The molecule has 11 heteroatoms. The van der Waals surface area contributed by atoms with Crippen molar-refractivity contribution in [2.24, 2.45) is 0 Å². The number of rotatable bonds is 7. The minimum absolute atomic E-state index is 0.328. The summed E-state index contributed by atoms with van der Waals surface area (Å²) in [6.45, 7) is 5.38. The van der Waals surface area contributed by atoms with Crippen molar-refractivity contribution in [2.75, 3.05) is 22.4 Å². The van der Waals surface area contributed by atoms with Gasteiger partial charge in [-0.25, -0.2) is 8.42 Å². The Morgan fingerprint density at radius 1 is 1.38 bits per heavy atom. The zero-order valence-corrected chi connectivity index (χ0v) is 17.9. The summed E-state index contributed by atoms with van der Waals surface area (Å²) in [6, 6.07) is 4.91. The van der Waals surface area contributed by atoms with Gasteiger partial charge in [0, 0.05) is 10.3 Å². The molecule has 0 spiro atoms. The van der Waals surface area contributed by atoms with Crippen molar-refractivity contribution >= 4 is 61.4 Å². The highest BCUT2D eigenvalue weighted by molar-refractivity contribution is 8.01. The Morgan fingerprint density at radius 3 is 2.69 bits per heavy atom. The van der Waals surface area contributed by atoms with Gasteiger partial charge in [-0.2, -0.15) is 0 Å². The number of anilines is 2. The van der Waals surface area contributed by atoms with Crippen LogP contribution in [0.15, 0.2) is 22.5 Å². The highest BCUT2D eigenvalue weighted by Crippen LogP contribution is 2.30. The zero-order valence-electron chi connectivity index (χ0n) is 14.7. The molecular formula is C15H19ClN4O3S3. The molecule has 1 amide bonds. The van der Waals surface area contributed by atoms with Gasteiger partial charge in [0.25, 0.3) is 0 Å². The van der Waals surface area contributed by atoms with Crippen molar-refractivity contribution in [3.63, 3.8) is 0 Å². The van der Waals surface area contributed by atoms with Crippen LogP contribution in [0, 0.1) is 6.92 Å². The Morgan fingerprint density at radius 2 is 2.08 bits per heavy atom. The molecule has 2 rings (SSSR count). The molecule has 1 aromatic carbocycles. The first-order chi connectivity index (χ1) is 12.1. The van der Waals surface area contributed by atoms with E-state index in [1.165, 1.54) is 23.1 Å². The molecule has 0 radical (unpaired) electrons. The van der Waals surface area contributed by atoms with Gasteiger partial charge in [-0.3, -0.25) is 14.4 Å². The number of nitrogens with one attached hydrogen (secondary N) is 1. The Kier molecular flexibility index (Phi) is 6.89. The fourth-order valence-corrected chi connectivity index (χ4v) is 5.11. The van der Waals surface area contributed by atoms with Crippen LogP contribution in [0.5, 0.6) is 0 Å². The van der Waals surface area contributed by atoms with E-state index in [1.807, 2.05) is 13.8 Å². The molecule has 26 heavy (non-hydrogen) atoms. The Hall–Kier alpha value is -1.36. The van der Waals surface area contributed by atoms with E-state index >= 15 is 0 Å². The van der Waals surface area contributed by atoms with Crippen molar-refractivity contribution < 1.29 is 13.2 Å². The van der Waals surface area contributed by atoms with Crippen LogP contribution >= 0.6 is 34.7 Å². The van der Waals surface area contributed by atoms with E-state index in [2.05, 4.69) is 15.5 Å². The van der Waals surface area contributed by atoms with Gasteiger partial charge in [0.1, 0.15) is 6.54 Å². The molecule has 0 saturated heterocycles. The molecule has 1 heterocycles. The number of thioether (sulfide) groups is 1. The summed E-state index contributed by atoms with van der Waals surface area (Å²) >= 11 is 8.86. The molecule has 142 valence electrons. The van der Waals surface area contributed by atoms with E-state index in [9.17, 15) is 13.2 Å². The third kappa shape index (κ3) is 5.57. The number of hydrogen-bond donors (Lipinski definition) is 1. The maximum Gasteiger partial charge on any atom is 0.246 e. The Labute approximate surface area is 166 Å². The minimum Gasteiger partial charge on any atom is -0.299 e. The third-order valence-electron chi connectivity index (χ3n) is 3.18. The predicted molar refractivity (Wildman–Crippen MR) is 108 cm³/mol. The van der Waals surface area contributed by atoms with Crippen LogP contribution in [-0.2, 0) is 14.8 Å². The average Bonchev–Trinajstić information content (AvgIpc) is 2.93. The monoisotopic (exact) mass is 434 g/mol. The first-order valence-electron chi connectivity index (χ1n) is 7.60. The van der Waals surface area contributed by atoms with Gasteiger partial charge in [-0.1, -0.05) is 54.6 Å². The molecule has 0 bridgehead atoms. The fourth-order valence-electron chi connectivity index (χ4n) is 2.05. The largest absolute Gasteiger partial charge is 0.299 e. The molecule has 0 unspecified atom stereocenters. The summed E-state index contributed by atoms with van der Waals surface area (Å²) < 4.78 is 26.1. The number of aromatic nitrogens is 2. The lowest BCUT2D eigenvalue weighted by Gasteiger charge is -2.23. The summed E-state index contributed by atoms with van der Waals surface area (Å²) in [4.78, 5) is 12.4. The second kappa shape index (κ2) is 8.55. The second-order valence-corrected chi connectivity index (χ2v) is 10.9. The molecule has 0 aliphatic rings. The molecular weight excluding hydrogens is 416 g/mol. The Balaban J connectivity index is 2.17. The molecule has 0 atom stereocenters. The van der Waals surface area contributed by atoms with E-state index in [0.29, 0.717) is 26.7 Å². The van der Waals surface area contributed by atoms with Crippen molar-refractivity contribution in [2.45, 2.75) is 30.4 Å². The highest BCUT2D eigenvalue weighted by atomic mass is 35.5. The van der Waals surface area contributed by atoms with Crippen LogP contribution in [0.25, 0.3) is 0 Å². The topological polar surface area (TPSA) is 92.3 Å². The number of halogens is 1. The van der Waals surface area contributed by atoms with Gasteiger partial charge in [-0.15, -0.1) is 10.2 Å². The van der Waals surface area contributed by atoms with Crippen LogP contribution in [0.1, 0.15) is 19.4 Å². The number of carbonyl (C=O) groups is 1. The summed E-state index contributed by atoms with van der Waals surface area (Å²) in [7, 11) is -3.68. The van der Waals surface area contributed by atoms with Crippen LogP contribution in [0.2, 0.25) is 5.02 Å². The number of amides is 1. The molecule has 0 saturated carbocycles. The number of sulfonamides is 1. The van der Waals surface area contributed by atoms with E-state index in [1.54, 1.807) is 25.1 Å². The van der Waals surface area contributed by atoms with Crippen LogP contribution in [0.4, 0.5) is 10.8 Å². The first-order valence-corrected chi connectivity index (χ1v) is 11.5. The van der Waals surface area contributed by atoms with Gasteiger partial charge in [0.2, 0.25) is 21.1 Å². The standard InChI is InChI=1S/C15H19ClN4O3S3/c1-9(2)24-15-19-18-14(25-15)17-13(21)8-20(26(4,22)23)12-7-5-6-11(16)10(12)3/h5-7,9H,8H2,1-4H3,(H,17,18,21). The number of nitrogens with zero attached hydrogens (tertiary/aromatic N) is 3. The highest BCUT2D eigenvalue weighted by Gasteiger charge is 2.23. The van der Waals surface area contributed by atoms with Crippen LogP contribution < -0.4 is 9.62 Å². The summed E-state index contributed by atoms with van der Waals surface area (Å²) in [6.07, 6.45) is 1.04. The molecule has 0 aliphatic carbocycles. The molecule has 1 aromatic heterocycles. The average molecular weight is 435 g/mol. The maximum atomic E-state index is 12.4. The predicted octanol–water partition coefficient (Wildman–Crippen LogP) is 3.41. The number of benzene rings is 1. The fraction of sp³-hybridized carbons (Fsp3) is 0.400. The normalized spacial score (nSPS) is 11.6. The smallest absolute Gasteiger partial charge is 0.246 e. The minimum atomic E-state index is -3.68. The Bertz CT molecular complexity index is 899. The number of carbonyl (C=O) groups excluding carboxylic acids is 1. The van der Waals surface area contributed by atoms with E-state index in [-0.39, 0.29) is 6.54 Å². The van der Waals surface area contributed by atoms with Gasteiger partial charge < -0.3 is 0 Å². The van der Waals surface area contributed by atoms with Crippen LogP contribution in [0.3, 0.4) is 0 Å². The molecule has 0 aliphatic heterocycles. The molecule has 1 N–H and O–H groups in total. The lowest BCUT2D eigenvalue weighted by Crippen LogP contribution is -2.37. The zero-order chi connectivity index (χ0) is 19.5. The van der Waals surface area contributed by atoms with Gasteiger partial charge in [0.05, 0.1) is 11.9 Å². The van der Waals surface area contributed by atoms with Gasteiger partial charge >= 0.3 is 0 Å². The maximum absolute atomic E-state index is 12.4. The van der Waals surface area contributed by atoms with Crippen molar-refractivity contribution in [1.29, 1.82) is 0 Å². The summed E-state index contributed by atoms with van der Waals surface area (Å²) in [5.41, 5.74) is 0.947. The second-order valence-electron chi connectivity index (χ2n) is 5.74. The van der Waals surface area contributed by atoms with Crippen molar-refractivity contribution in [3.8, 4) is 0 Å². The molecule has 7 nitrogen and oxygen atoms in total. The SMILES string of the molecule is Cc1c(Cl)cccc1N(CC(=O)Nc1nnc(SC(C)C)s1)S(C)(=O)=O. The van der Waals surface area contributed by atoms with E-state index in [4.69, 9.17) is 11.6 Å². The van der Waals surface area contributed by atoms with E-state index in [0.717, 1.165) is 14.9 Å². The third-order valence-corrected chi connectivity index (χ3v) is 6.65. The van der Waals surface area contributed by atoms with Crippen molar-refractivity contribution in [3.05, 3.63) is 28.8 Å².